The second-order valence-corrected chi connectivity index (χ2v) is 8.60. The Kier molecular flexibility index (Phi) is 5.22. The maximum Gasteiger partial charge on any atom is 0.227 e. The molecule has 1 aliphatic heterocycles. The van der Waals surface area contributed by atoms with Crippen molar-refractivity contribution in [3.05, 3.63) is 41.3 Å². The van der Waals surface area contributed by atoms with E-state index in [0.717, 1.165) is 41.2 Å². The SMILES string of the molecule is CC(C)c1nc2c(c(-c3ccc(O)cc3)n1)CCN(C(=O)C(C)(C)C)CC2. The van der Waals surface area contributed by atoms with Gasteiger partial charge in [0, 0.05) is 47.7 Å². The zero-order chi connectivity index (χ0) is 19.8. The molecule has 1 aromatic heterocycles. The quantitative estimate of drug-likeness (QED) is 0.873. The molecule has 0 fully saturated rings. The number of aromatic hydroxyl groups is 1. The topological polar surface area (TPSA) is 66.3 Å². The highest BCUT2D eigenvalue weighted by Gasteiger charge is 2.30. The molecule has 3 rings (SSSR count). The van der Waals surface area contributed by atoms with Crippen LogP contribution in [0.5, 0.6) is 5.75 Å². The standard InChI is InChI=1S/C22H29N3O2/c1-14(2)20-23-18-11-13-25(21(27)22(3,4)5)12-10-17(18)19(24-20)15-6-8-16(26)9-7-15/h6-9,14,26H,10-13H2,1-5H3. The summed E-state index contributed by atoms with van der Waals surface area (Å²) in [6.07, 6.45) is 1.48. The van der Waals surface area contributed by atoms with E-state index in [0.29, 0.717) is 13.1 Å². The summed E-state index contributed by atoms with van der Waals surface area (Å²) in [6.45, 7) is 11.4. The summed E-state index contributed by atoms with van der Waals surface area (Å²) < 4.78 is 0. The lowest BCUT2D eigenvalue weighted by atomic mass is 9.94. The van der Waals surface area contributed by atoms with Gasteiger partial charge >= 0.3 is 0 Å². The molecular weight excluding hydrogens is 338 g/mol. The smallest absolute Gasteiger partial charge is 0.227 e. The average Bonchev–Trinajstić information content (AvgIpc) is 2.82. The fourth-order valence-electron chi connectivity index (χ4n) is 3.41. The number of amides is 1. The van der Waals surface area contributed by atoms with Gasteiger partial charge in [-0.2, -0.15) is 0 Å². The Balaban J connectivity index is 2.02. The van der Waals surface area contributed by atoms with E-state index in [1.54, 1.807) is 12.1 Å². The van der Waals surface area contributed by atoms with Crippen molar-refractivity contribution in [2.24, 2.45) is 5.41 Å². The molecular formula is C22H29N3O2. The molecule has 27 heavy (non-hydrogen) atoms. The number of nitrogens with zero attached hydrogens (tertiary/aromatic N) is 3. The molecule has 144 valence electrons. The Bertz CT molecular complexity index is 836. The number of aromatic nitrogens is 2. The van der Waals surface area contributed by atoms with Crippen molar-refractivity contribution >= 4 is 5.91 Å². The van der Waals surface area contributed by atoms with Crippen LogP contribution in [-0.4, -0.2) is 39.0 Å². The molecule has 5 heteroatoms. The van der Waals surface area contributed by atoms with Crippen molar-refractivity contribution in [2.75, 3.05) is 13.1 Å². The molecule has 0 saturated heterocycles. The van der Waals surface area contributed by atoms with Crippen LogP contribution in [0.2, 0.25) is 0 Å². The van der Waals surface area contributed by atoms with Crippen LogP contribution < -0.4 is 0 Å². The third-order valence-corrected chi connectivity index (χ3v) is 4.95. The van der Waals surface area contributed by atoms with Gasteiger partial charge in [0.05, 0.1) is 5.69 Å². The van der Waals surface area contributed by atoms with Crippen LogP contribution >= 0.6 is 0 Å². The number of hydrogen-bond donors (Lipinski definition) is 1. The predicted octanol–water partition coefficient (Wildman–Crippen LogP) is 3.95. The van der Waals surface area contributed by atoms with Gasteiger partial charge < -0.3 is 10.0 Å². The number of phenols is 1. The van der Waals surface area contributed by atoms with Gasteiger partial charge in [-0.1, -0.05) is 34.6 Å². The first kappa shape index (κ1) is 19.3. The van der Waals surface area contributed by atoms with Gasteiger partial charge in [-0.3, -0.25) is 4.79 Å². The lowest BCUT2D eigenvalue weighted by Gasteiger charge is -2.28. The van der Waals surface area contributed by atoms with Gasteiger partial charge in [-0.05, 0) is 30.7 Å². The molecule has 0 atom stereocenters. The van der Waals surface area contributed by atoms with Gasteiger partial charge in [-0.15, -0.1) is 0 Å². The summed E-state index contributed by atoms with van der Waals surface area (Å²) >= 11 is 0. The van der Waals surface area contributed by atoms with E-state index < -0.39 is 0 Å². The fraction of sp³-hybridized carbons (Fsp3) is 0.500. The van der Waals surface area contributed by atoms with E-state index in [1.807, 2.05) is 37.8 Å². The van der Waals surface area contributed by atoms with Crippen LogP contribution in [0.4, 0.5) is 0 Å². The molecule has 2 heterocycles. The molecule has 1 N–H and O–H groups in total. The predicted molar refractivity (Wildman–Crippen MR) is 107 cm³/mol. The number of phenolic OH excluding ortho intramolecular Hbond substituents is 1. The summed E-state index contributed by atoms with van der Waals surface area (Å²) in [6, 6.07) is 7.16. The number of fused-ring (bicyclic) bond motifs is 1. The fourth-order valence-corrected chi connectivity index (χ4v) is 3.41. The highest BCUT2D eigenvalue weighted by Crippen LogP contribution is 2.30. The monoisotopic (exact) mass is 367 g/mol. The molecule has 0 spiro atoms. The third kappa shape index (κ3) is 4.12. The van der Waals surface area contributed by atoms with Crippen molar-refractivity contribution in [3.8, 4) is 17.0 Å². The lowest BCUT2D eigenvalue weighted by molar-refractivity contribution is -0.139. The molecule has 0 saturated carbocycles. The van der Waals surface area contributed by atoms with Crippen molar-refractivity contribution in [1.29, 1.82) is 0 Å². The van der Waals surface area contributed by atoms with E-state index in [4.69, 9.17) is 9.97 Å². The molecule has 0 unspecified atom stereocenters. The number of hydrogen-bond acceptors (Lipinski definition) is 4. The Morgan fingerprint density at radius 1 is 1.07 bits per heavy atom. The second-order valence-electron chi connectivity index (χ2n) is 8.60. The molecule has 1 amide bonds. The minimum absolute atomic E-state index is 0.179. The summed E-state index contributed by atoms with van der Waals surface area (Å²) in [5.41, 5.74) is 3.68. The first-order valence-electron chi connectivity index (χ1n) is 9.65. The van der Waals surface area contributed by atoms with Gasteiger partial charge in [0.15, 0.2) is 0 Å². The van der Waals surface area contributed by atoms with Gasteiger partial charge in [0.1, 0.15) is 11.6 Å². The molecule has 1 aliphatic rings. The first-order valence-corrected chi connectivity index (χ1v) is 9.65. The summed E-state index contributed by atoms with van der Waals surface area (Å²) in [5, 5.41) is 9.62. The van der Waals surface area contributed by atoms with Crippen LogP contribution in [0.3, 0.4) is 0 Å². The third-order valence-electron chi connectivity index (χ3n) is 4.95. The Morgan fingerprint density at radius 3 is 2.30 bits per heavy atom. The van der Waals surface area contributed by atoms with Crippen LogP contribution in [-0.2, 0) is 17.6 Å². The van der Waals surface area contributed by atoms with E-state index in [2.05, 4.69) is 13.8 Å². The van der Waals surface area contributed by atoms with E-state index in [1.165, 1.54) is 0 Å². The number of carbonyl (C=O) groups is 1. The number of carbonyl (C=O) groups excluding carboxylic acids is 1. The minimum Gasteiger partial charge on any atom is -0.508 e. The number of rotatable bonds is 2. The molecule has 0 aliphatic carbocycles. The van der Waals surface area contributed by atoms with Crippen LogP contribution in [0.15, 0.2) is 24.3 Å². The zero-order valence-corrected chi connectivity index (χ0v) is 16.9. The van der Waals surface area contributed by atoms with Gasteiger partial charge in [0.25, 0.3) is 0 Å². The maximum atomic E-state index is 12.8. The van der Waals surface area contributed by atoms with Crippen molar-refractivity contribution in [3.63, 3.8) is 0 Å². The van der Waals surface area contributed by atoms with E-state index in [9.17, 15) is 9.90 Å². The van der Waals surface area contributed by atoms with Gasteiger partial charge in [0.2, 0.25) is 5.91 Å². The summed E-state index contributed by atoms with van der Waals surface area (Å²) in [4.78, 5) is 24.4. The zero-order valence-electron chi connectivity index (χ0n) is 16.9. The number of benzene rings is 1. The van der Waals surface area contributed by atoms with E-state index in [-0.39, 0.29) is 23.0 Å². The van der Waals surface area contributed by atoms with Crippen LogP contribution in [0.1, 0.15) is 57.6 Å². The lowest BCUT2D eigenvalue weighted by Crippen LogP contribution is -2.40. The Morgan fingerprint density at radius 2 is 1.70 bits per heavy atom. The first-order chi connectivity index (χ1) is 12.7. The normalized spacial score (nSPS) is 14.8. The van der Waals surface area contributed by atoms with Crippen molar-refractivity contribution in [1.82, 2.24) is 14.9 Å². The summed E-state index contributed by atoms with van der Waals surface area (Å²) in [7, 11) is 0. The Hall–Kier alpha value is -2.43. The van der Waals surface area contributed by atoms with Crippen LogP contribution in [0, 0.1) is 5.41 Å². The van der Waals surface area contributed by atoms with Crippen molar-refractivity contribution < 1.29 is 9.90 Å². The maximum absolute atomic E-state index is 12.8. The highest BCUT2D eigenvalue weighted by molar-refractivity contribution is 5.81. The second kappa shape index (κ2) is 7.29. The van der Waals surface area contributed by atoms with Gasteiger partial charge in [-0.25, -0.2) is 9.97 Å². The van der Waals surface area contributed by atoms with E-state index >= 15 is 0 Å². The van der Waals surface area contributed by atoms with Crippen LogP contribution in [0.25, 0.3) is 11.3 Å². The largest absolute Gasteiger partial charge is 0.508 e. The molecule has 0 radical (unpaired) electrons. The molecule has 5 nitrogen and oxygen atoms in total. The average molecular weight is 367 g/mol. The Labute approximate surface area is 161 Å². The highest BCUT2D eigenvalue weighted by atomic mass is 16.3. The molecule has 1 aromatic carbocycles. The van der Waals surface area contributed by atoms with Crippen molar-refractivity contribution in [2.45, 2.75) is 53.4 Å². The minimum atomic E-state index is -0.384. The molecule has 2 aromatic rings. The molecule has 0 bridgehead atoms. The summed E-state index contributed by atoms with van der Waals surface area (Å²) in [5.74, 6) is 1.47.